The minimum absolute atomic E-state index is 0.386. The lowest BCUT2D eigenvalue weighted by Gasteiger charge is -2.21. The lowest BCUT2D eigenvalue weighted by Crippen LogP contribution is -2.39. The van der Waals surface area contributed by atoms with Crippen LogP contribution in [0.4, 0.5) is 5.69 Å². The molecule has 2 aliphatic rings. The van der Waals surface area contributed by atoms with Gasteiger partial charge in [0.15, 0.2) is 0 Å². The zero-order valence-electron chi connectivity index (χ0n) is 10.6. The van der Waals surface area contributed by atoms with Crippen molar-refractivity contribution in [2.24, 2.45) is 11.8 Å². The number of carboxylic acid groups (broad SMARTS) is 1. The van der Waals surface area contributed by atoms with Gasteiger partial charge in [-0.2, -0.15) is 0 Å². The molecule has 1 saturated heterocycles. The van der Waals surface area contributed by atoms with Crippen LogP contribution in [0.25, 0.3) is 0 Å². The van der Waals surface area contributed by atoms with E-state index in [1.807, 2.05) is 0 Å². The molecule has 21 heavy (non-hydrogen) atoms. The molecule has 4 atom stereocenters. The van der Waals surface area contributed by atoms with E-state index in [0.717, 1.165) is 0 Å². The molecule has 5 nitrogen and oxygen atoms in total. The van der Waals surface area contributed by atoms with Gasteiger partial charge < -0.3 is 15.2 Å². The highest BCUT2D eigenvalue weighted by Crippen LogP contribution is 2.40. The average molecular weight is 328 g/mol. The predicted octanol–water partition coefficient (Wildman–Crippen LogP) is 2.59. The van der Waals surface area contributed by atoms with Crippen molar-refractivity contribution in [3.63, 3.8) is 0 Å². The zero-order valence-corrected chi connectivity index (χ0v) is 12.1. The summed E-state index contributed by atoms with van der Waals surface area (Å²) in [7, 11) is 0. The molecule has 0 saturated carbocycles. The number of halogens is 2. The van der Waals surface area contributed by atoms with Gasteiger partial charge in [-0.05, 0) is 18.2 Å². The molecule has 2 aliphatic heterocycles. The van der Waals surface area contributed by atoms with Crippen molar-refractivity contribution in [3.05, 3.63) is 40.4 Å². The maximum Gasteiger partial charge on any atom is 0.310 e. The van der Waals surface area contributed by atoms with Crippen LogP contribution in [0.5, 0.6) is 0 Å². The summed E-state index contributed by atoms with van der Waals surface area (Å²) in [6.07, 6.45) is 2.35. The van der Waals surface area contributed by atoms with Crippen LogP contribution >= 0.6 is 23.2 Å². The minimum atomic E-state index is -1.05. The molecule has 1 aromatic rings. The van der Waals surface area contributed by atoms with E-state index in [-0.39, 0.29) is 0 Å². The topological polar surface area (TPSA) is 75.6 Å². The highest BCUT2D eigenvalue weighted by Gasteiger charge is 2.53. The third kappa shape index (κ3) is 2.64. The fraction of sp³-hybridized carbons (Fsp3) is 0.286. The van der Waals surface area contributed by atoms with Crippen LogP contribution in [-0.2, 0) is 14.3 Å². The Morgan fingerprint density at radius 3 is 2.19 bits per heavy atom. The smallest absolute Gasteiger partial charge is 0.310 e. The third-order valence-electron chi connectivity index (χ3n) is 3.62. The SMILES string of the molecule is O=C(O)[C@@H]1[C@H](C(=O)Nc2cc(Cl)cc(Cl)c2)[C@H]2C=C[C@@H]1O2. The molecule has 2 bridgehead atoms. The molecule has 3 rings (SSSR count). The van der Waals surface area contributed by atoms with Gasteiger partial charge in [0, 0.05) is 15.7 Å². The zero-order chi connectivity index (χ0) is 15.1. The number of amides is 1. The van der Waals surface area contributed by atoms with E-state index in [9.17, 15) is 14.7 Å². The van der Waals surface area contributed by atoms with E-state index in [0.29, 0.717) is 15.7 Å². The average Bonchev–Trinajstić information content (AvgIpc) is 2.96. The molecule has 0 spiro atoms. The van der Waals surface area contributed by atoms with Gasteiger partial charge >= 0.3 is 5.97 Å². The van der Waals surface area contributed by atoms with Crippen molar-refractivity contribution in [2.45, 2.75) is 12.2 Å². The fourth-order valence-corrected chi connectivity index (χ4v) is 3.29. The molecule has 7 heteroatoms. The number of hydrogen-bond donors (Lipinski definition) is 2. The molecule has 1 amide bonds. The van der Waals surface area contributed by atoms with E-state index in [1.54, 1.807) is 30.4 Å². The van der Waals surface area contributed by atoms with Crippen molar-refractivity contribution in [1.29, 1.82) is 0 Å². The molecule has 2 heterocycles. The van der Waals surface area contributed by atoms with Crippen LogP contribution < -0.4 is 5.32 Å². The van der Waals surface area contributed by atoms with E-state index < -0.39 is 35.9 Å². The van der Waals surface area contributed by atoms with Gasteiger partial charge in [0.2, 0.25) is 5.91 Å². The van der Waals surface area contributed by atoms with Crippen LogP contribution in [-0.4, -0.2) is 29.2 Å². The normalized spacial score (nSPS) is 29.6. The van der Waals surface area contributed by atoms with Crippen LogP contribution in [0, 0.1) is 11.8 Å². The van der Waals surface area contributed by atoms with E-state index in [1.165, 1.54) is 0 Å². The standard InChI is InChI=1S/C14H11Cl2NO4/c15-6-3-7(16)5-8(4-6)17-13(18)11-9-1-2-10(21-9)12(11)14(19)20/h1-5,9-12H,(H,17,18)(H,19,20)/t9-,10+,11-,12+/m1/s1. The summed E-state index contributed by atoms with van der Waals surface area (Å²) in [4.78, 5) is 23.7. The number of rotatable bonds is 3. The number of ether oxygens (including phenoxy) is 1. The van der Waals surface area contributed by atoms with Gasteiger partial charge in [-0.15, -0.1) is 0 Å². The first-order valence-electron chi connectivity index (χ1n) is 6.29. The van der Waals surface area contributed by atoms with Crippen molar-refractivity contribution in [1.82, 2.24) is 0 Å². The number of carbonyl (C=O) groups excluding carboxylic acids is 1. The van der Waals surface area contributed by atoms with Gasteiger partial charge in [-0.3, -0.25) is 9.59 Å². The molecule has 0 radical (unpaired) electrons. The van der Waals surface area contributed by atoms with Gasteiger partial charge in [0.05, 0.1) is 18.1 Å². The second kappa shape index (κ2) is 5.33. The summed E-state index contributed by atoms with van der Waals surface area (Å²) in [6.45, 7) is 0. The van der Waals surface area contributed by atoms with Gasteiger partial charge in [0.25, 0.3) is 0 Å². The first-order chi connectivity index (χ1) is 9.95. The maximum absolute atomic E-state index is 12.4. The van der Waals surface area contributed by atoms with Gasteiger partial charge in [-0.1, -0.05) is 35.4 Å². The Kier molecular flexibility index (Phi) is 3.65. The van der Waals surface area contributed by atoms with Crippen molar-refractivity contribution < 1.29 is 19.4 Å². The van der Waals surface area contributed by atoms with Crippen molar-refractivity contribution in [2.75, 3.05) is 5.32 Å². The summed E-state index contributed by atoms with van der Waals surface area (Å²) >= 11 is 11.7. The van der Waals surface area contributed by atoms with Crippen molar-refractivity contribution >= 4 is 40.8 Å². The second-order valence-electron chi connectivity index (χ2n) is 4.99. The molecule has 0 aromatic heterocycles. The van der Waals surface area contributed by atoms with Crippen LogP contribution in [0.2, 0.25) is 10.0 Å². The van der Waals surface area contributed by atoms with E-state index in [4.69, 9.17) is 27.9 Å². The Labute approximate surface area is 130 Å². The number of carboxylic acids is 1. The largest absolute Gasteiger partial charge is 0.481 e. The Bertz CT molecular complexity index is 626. The molecule has 0 unspecified atom stereocenters. The number of fused-ring (bicyclic) bond motifs is 2. The van der Waals surface area contributed by atoms with Crippen molar-refractivity contribution in [3.8, 4) is 0 Å². The second-order valence-corrected chi connectivity index (χ2v) is 5.86. The fourth-order valence-electron chi connectivity index (χ4n) is 2.77. The van der Waals surface area contributed by atoms with E-state index in [2.05, 4.69) is 5.32 Å². The summed E-state index contributed by atoms with van der Waals surface area (Å²) in [6, 6.07) is 4.64. The number of anilines is 1. The first-order valence-corrected chi connectivity index (χ1v) is 7.05. The summed E-state index contributed by atoms with van der Waals surface area (Å²) < 4.78 is 5.46. The number of aliphatic carboxylic acids is 1. The molecule has 2 N–H and O–H groups in total. The van der Waals surface area contributed by atoms with Gasteiger partial charge in [0.1, 0.15) is 5.92 Å². The highest BCUT2D eigenvalue weighted by molar-refractivity contribution is 6.35. The Morgan fingerprint density at radius 1 is 1.05 bits per heavy atom. The molecular weight excluding hydrogens is 317 g/mol. The maximum atomic E-state index is 12.4. The highest BCUT2D eigenvalue weighted by atomic mass is 35.5. The Balaban J connectivity index is 1.82. The number of benzene rings is 1. The molecule has 0 aliphatic carbocycles. The molecule has 1 fully saturated rings. The number of nitrogens with one attached hydrogen (secondary N) is 1. The van der Waals surface area contributed by atoms with Crippen LogP contribution in [0.15, 0.2) is 30.4 Å². The molecule has 110 valence electrons. The quantitative estimate of drug-likeness (QED) is 0.836. The third-order valence-corrected chi connectivity index (χ3v) is 4.05. The van der Waals surface area contributed by atoms with Crippen LogP contribution in [0.1, 0.15) is 0 Å². The molecular formula is C14H11Cl2NO4. The summed E-state index contributed by atoms with van der Waals surface area (Å²) in [5.41, 5.74) is 0.424. The summed E-state index contributed by atoms with van der Waals surface area (Å²) in [5.74, 6) is -3.11. The lowest BCUT2D eigenvalue weighted by molar-refractivity contribution is -0.145. The van der Waals surface area contributed by atoms with Gasteiger partial charge in [-0.25, -0.2) is 0 Å². The Hall–Kier alpha value is -1.56. The minimum Gasteiger partial charge on any atom is -0.481 e. The monoisotopic (exact) mass is 327 g/mol. The number of hydrogen-bond acceptors (Lipinski definition) is 3. The van der Waals surface area contributed by atoms with Crippen LogP contribution in [0.3, 0.4) is 0 Å². The first kappa shape index (κ1) is 14.4. The van der Waals surface area contributed by atoms with E-state index >= 15 is 0 Å². The number of carbonyl (C=O) groups is 2. The Morgan fingerprint density at radius 2 is 1.62 bits per heavy atom. The predicted molar refractivity (Wildman–Crippen MR) is 77.5 cm³/mol. The molecule has 1 aromatic carbocycles. The summed E-state index contributed by atoms with van der Waals surface area (Å²) in [5, 5.41) is 12.7. The lowest BCUT2D eigenvalue weighted by atomic mass is 9.82.